The van der Waals surface area contributed by atoms with E-state index in [-0.39, 0.29) is 5.69 Å². The molecule has 0 aliphatic carbocycles. The van der Waals surface area contributed by atoms with Crippen molar-refractivity contribution in [3.63, 3.8) is 0 Å². The fourth-order valence-corrected chi connectivity index (χ4v) is 3.23. The predicted molar refractivity (Wildman–Crippen MR) is 97.7 cm³/mol. The van der Waals surface area contributed by atoms with Crippen LogP contribution in [-0.4, -0.2) is 46.1 Å². The van der Waals surface area contributed by atoms with Gasteiger partial charge in [0.2, 0.25) is 5.95 Å². The molecule has 2 N–H and O–H groups in total. The van der Waals surface area contributed by atoms with E-state index in [2.05, 4.69) is 32.2 Å². The average Bonchev–Trinajstić information content (AvgIpc) is 2.68. The van der Waals surface area contributed by atoms with E-state index in [1.165, 1.54) is 0 Å². The molecular formula is C18H20N6O. The Morgan fingerprint density at radius 2 is 1.96 bits per heavy atom. The number of benzene rings is 1. The first-order valence-corrected chi connectivity index (χ1v) is 8.46. The zero-order valence-corrected chi connectivity index (χ0v) is 14.1. The van der Waals surface area contributed by atoms with Crippen LogP contribution in [0.4, 0.5) is 5.95 Å². The molecule has 4 rings (SSSR count). The first kappa shape index (κ1) is 15.7. The van der Waals surface area contributed by atoms with Crippen molar-refractivity contribution >= 4 is 16.9 Å². The van der Waals surface area contributed by atoms with Crippen molar-refractivity contribution in [2.75, 3.05) is 25.0 Å². The molecule has 0 unspecified atom stereocenters. The molecule has 1 fully saturated rings. The van der Waals surface area contributed by atoms with E-state index >= 15 is 0 Å². The van der Waals surface area contributed by atoms with Crippen molar-refractivity contribution < 1.29 is 0 Å². The van der Waals surface area contributed by atoms with Gasteiger partial charge in [0, 0.05) is 42.6 Å². The van der Waals surface area contributed by atoms with Crippen molar-refractivity contribution in [1.29, 1.82) is 0 Å². The fraction of sp³-hybridized carbons (Fsp3) is 0.333. The van der Waals surface area contributed by atoms with Gasteiger partial charge in [0.25, 0.3) is 0 Å². The second-order valence-electron chi connectivity index (χ2n) is 6.34. The topological polar surface area (TPSA) is 86.8 Å². The Balaban J connectivity index is 1.64. The first-order valence-electron chi connectivity index (χ1n) is 8.46. The number of hydrogen-bond acceptors (Lipinski definition) is 6. The molecule has 0 radical (unpaired) electrons. The third-order valence-corrected chi connectivity index (χ3v) is 4.74. The van der Waals surface area contributed by atoms with Gasteiger partial charge >= 0.3 is 5.69 Å². The number of hydrogen-bond donors (Lipinski definition) is 2. The van der Waals surface area contributed by atoms with Crippen LogP contribution in [0.1, 0.15) is 12.8 Å². The highest BCUT2D eigenvalue weighted by Gasteiger charge is 2.20. The maximum atomic E-state index is 11.1. The lowest BCUT2D eigenvalue weighted by atomic mass is 10.1. The number of nitrogens with one attached hydrogen (secondary N) is 2. The molecule has 128 valence electrons. The van der Waals surface area contributed by atoms with E-state index in [9.17, 15) is 4.79 Å². The highest BCUT2D eigenvalue weighted by atomic mass is 16.1. The van der Waals surface area contributed by atoms with E-state index < -0.39 is 0 Å². The molecule has 2 aromatic heterocycles. The molecule has 25 heavy (non-hydrogen) atoms. The molecule has 0 atom stereocenters. The second kappa shape index (κ2) is 6.60. The summed E-state index contributed by atoms with van der Waals surface area (Å²) < 4.78 is 0. The monoisotopic (exact) mass is 336 g/mol. The summed E-state index contributed by atoms with van der Waals surface area (Å²) in [5, 5.41) is 4.35. The lowest BCUT2D eigenvalue weighted by molar-refractivity contribution is 0.440. The normalized spacial score (nSPS) is 15.4. The third kappa shape index (κ3) is 3.23. The number of rotatable bonds is 3. The molecule has 1 aliphatic heterocycles. The van der Waals surface area contributed by atoms with Crippen molar-refractivity contribution in [1.82, 2.24) is 25.3 Å². The number of nitrogens with zero attached hydrogens (tertiary/aromatic N) is 4. The Bertz CT molecular complexity index is 927. The Hall–Kier alpha value is -2.80. The van der Waals surface area contributed by atoms with Gasteiger partial charge in [-0.05, 0) is 43.6 Å². The summed E-state index contributed by atoms with van der Waals surface area (Å²) in [5.74, 6) is 0.762. The predicted octanol–water partition coefficient (Wildman–Crippen LogP) is 1.57. The molecule has 3 aromatic rings. The van der Waals surface area contributed by atoms with E-state index in [1.807, 2.05) is 24.4 Å². The van der Waals surface area contributed by atoms with Crippen LogP contribution in [-0.2, 0) is 0 Å². The molecule has 1 saturated heterocycles. The van der Waals surface area contributed by atoms with Gasteiger partial charge in [0.05, 0.1) is 5.52 Å². The Kier molecular flexibility index (Phi) is 4.15. The van der Waals surface area contributed by atoms with Crippen LogP contribution in [0.2, 0.25) is 0 Å². The van der Waals surface area contributed by atoms with Crippen LogP contribution in [0.5, 0.6) is 0 Å². The molecule has 0 amide bonds. The fourth-order valence-electron chi connectivity index (χ4n) is 3.23. The number of aromatic nitrogens is 4. The highest BCUT2D eigenvalue weighted by Crippen LogP contribution is 2.24. The van der Waals surface area contributed by atoms with Gasteiger partial charge < -0.3 is 15.2 Å². The SMILES string of the molecule is CN(c1ncc2cc(-c3cnc(=O)[nH]c3)ccc2n1)C1CCNCC1. The van der Waals surface area contributed by atoms with Crippen LogP contribution in [0, 0.1) is 0 Å². The molecule has 3 heterocycles. The molecule has 7 heteroatoms. The minimum absolute atomic E-state index is 0.349. The summed E-state index contributed by atoms with van der Waals surface area (Å²) in [5.41, 5.74) is 2.39. The number of piperidine rings is 1. The van der Waals surface area contributed by atoms with Crippen LogP contribution in [0.15, 0.2) is 41.6 Å². The van der Waals surface area contributed by atoms with Crippen LogP contribution in [0.25, 0.3) is 22.0 Å². The zero-order chi connectivity index (χ0) is 17.2. The van der Waals surface area contributed by atoms with Gasteiger partial charge in [0.1, 0.15) is 0 Å². The Morgan fingerprint density at radius 3 is 2.72 bits per heavy atom. The molecule has 0 spiro atoms. The highest BCUT2D eigenvalue weighted by molar-refractivity contribution is 5.84. The number of anilines is 1. The van der Waals surface area contributed by atoms with Gasteiger partial charge in [-0.25, -0.2) is 19.7 Å². The largest absolute Gasteiger partial charge is 0.344 e. The number of aromatic amines is 1. The first-order chi connectivity index (χ1) is 12.2. The van der Waals surface area contributed by atoms with Crippen LogP contribution in [0.3, 0.4) is 0 Å². The van der Waals surface area contributed by atoms with E-state index in [1.54, 1.807) is 12.4 Å². The van der Waals surface area contributed by atoms with Crippen molar-refractivity contribution in [2.24, 2.45) is 0 Å². The molecule has 1 aromatic carbocycles. The van der Waals surface area contributed by atoms with Gasteiger partial charge in [0.15, 0.2) is 0 Å². The maximum absolute atomic E-state index is 11.1. The zero-order valence-electron chi connectivity index (χ0n) is 14.1. The summed E-state index contributed by atoms with van der Waals surface area (Å²) in [4.78, 5) is 28.9. The molecule has 1 aliphatic rings. The molecule has 0 saturated carbocycles. The van der Waals surface area contributed by atoms with Gasteiger partial charge in [-0.15, -0.1) is 0 Å². The van der Waals surface area contributed by atoms with Crippen molar-refractivity contribution in [3.05, 3.63) is 47.3 Å². The lowest BCUT2D eigenvalue weighted by Crippen LogP contribution is -2.41. The Morgan fingerprint density at radius 1 is 1.12 bits per heavy atom. The Labute approximate surface area is 145 Å². The molecule has 0 bridgehead atoms. The maximum Gasteiger partial charge on any atom is 0.344 e. The standard InChI is InChI=1S/C18H20N6O/c1-24(15-4-6-19-7-5-15)17-20-9-13-8-12(2-3-16(13)23-17)14-10-21-18(25)22-11-14/h2-3,8-11,15,19H,4-7H2,1H3,(H,21,22,25). The minimum Gasteiger partial charge on any atom is -0.341 e. The third-order valence-electron chi connectivity index (χ3n) is 4.74. The van der Waals surface area contributed by atoms with Gasteiger partial charge in [-0.3, -0.25) is 0 Å². The average molecular weight is 336 g/mol. The van der Waals surface area contributed by atoms with Crippen LogP contribution < -0.4 is 15.9 Å². The number of fused-ring (bicyclic) bond motifs is 1. The lowest BCUT2D eigenvalue weighted by Gasteiger charge is -2.31. The second-order valence-corrected chi connectivity index (χ2v) is 6.34. The summed E-state index contributed by atoms with van der Waals surface area (Å²) in [6.45, 7) is 2.08. The van der Waals surface area contributed by atoms with E-state index in [0.717, 1.165) is 53.9 Å². The molecule has 7 nitrogen and oxygen atoms in total. The molecular weight excluding hydrogens is 316 g/mol. The van der Waals surface area contributed by atoms with Gasteiger partial charge in [-0.1, -0.05) is 6.07 Å². The summed E-state index contributed by atoms with van der Waals surface area (Å²) in [6, 6.07) is 6.46. The summed E-state index contributed by atoms with van der Waals surface area (Å²) in [6.07, 6.45) is 7.31. The quantitative estimate of drug-likeness (QED) is 0.755. The van der Waals surface area contributed by atoms with E-state index in [4.69, 9.17) is 4.98 Å². The van der Waals surface area contributed by atoms with Gasteiger partial charge in [-0.2, -0.15) is 0 Å². The number of H-pyrrole nitrogens is 1. The van der Waals surface area contributed by atoms with Crippen molar-refractivity contribution in [3.8, 4) is 11.1 Å². The van der Waals surface area contributed by atoms with E-state index in [0.29, 0.717) is 6.04 Å². The van der Waals surface area contributed by atoms with Crippen molar-refractivity contribution in [2.45, 2.75) is 18.9 Å². The summed E-state index contributed by atoms with van der Waals surface area (Å²) >= 11 is 0. The van der Waals surface area contributed by atoms with Crippen LogP contribution >= 0.6 is 0 Å². The smallest absolute Gasteiger partial charge is 0.341 e. The summed E-state index contributed by atoms with van der Waals surface area (Å²) in [7, 11) is 2.07. The minimum atomic E-state index is -0.349.